The molecule has 2 atom stereocenters. The van der Waals surface area contributed by atoms with Crippen LogP contribution >= 0.6 is 0 Å². The van der Waals surface area contributed by atoms with Crippen LogP contribution in [0.5, 0.6) is 0 Å². The first-order valence-electron chi connectivity index (χ1n) is 7.15. The molecule has 0 saturated carbocycles. The van der Waals surface area contributed by atoms with Gasteiger partial charge in [-0.25, -0.2) is 0 Å². The van der Waals surface area contributed by atoms with Crippen LogP contribution in [0.15, 0.2) is 0 Å². The van der Waals surface area contributed by atoms with Crippen LogP contribution in [0.1, 0.15) is 40.0 Å². The molecule has 100 valence electrons. The fraction of sp³-hybridized carbons (Fsp3) is 1.00. The molecule has 2 aliphatic heterocycles. The first-order valence-corrected chi connectivity index (χ1v) is 7.15. The highest BCUT2D eigenvalue weighted by atomic mass is 16.5. The van der Waals surface area contributed by atoms with E-state index in [1.807, 2.05) is 0 Å². The van der Waals surface area contributed by atoms with E-state index >= 15 is 0 Å². The van der Waals surface area contributed by atoms with Crippen LogP contribution in [-0.2, 0) is 4.74 Å². The average Bonchev–Trinajstić information content (AvgIpc) is 2.50. The van der Waals surface area contributed by atoms with Crippen LogP contribution in [0.2, 0.25) is 0 Å². The van der Waals surface area contributed by atoms with E-state index in [1.54, 1.807) is 0 Å². The van der Waals surface area contributed by atoms with Gasteiger partial charge in [0.25, 0.3) is 0 Å². The molecular weight excluding hydrogens is 212 g/mol. The summed E-state index contributed by atoms with van der Waals surface area (Å²) >= 11 is 0. The van der Waals surface area contributed by atoms with E-state index in [1.165, 1.54) is 32.4 Å². The summed E-state index contributed by atoms with van der Waals surface area (Å²) in [6.45, 7) is 12.5. The van der Waals surface area contributed by atoms with Gasteiger partial charge in [0.05, 0.1) is 12.7 Å². The number of nitrogens with one attached hydrogen (secondary N) is 1. The zero-order valence-corrected chi connectivity index (χ0v) is 11.7. The van der Waals surface area contributed by atoms with Crippen molar-refractivity contribution in [1.29, 1.82) is 0 Å². The summed E-state index contributed by atoms with van der Waals surface area (Å²) in [5.74, 6) is 0. The lowest BCUT2D eigenvalue weighted by Crippen LogP contribution is -2.51. The van der Waals surface area contributed by atoms with Gasteiger partial charge >= 0.3 is 0 Å². The molecule has 0 aromatic heterocycles. The van der Waals surface area contributed by atoms with Crippen LogP contribution in [0, 0.1) is 5.41 Å². The summed E-state index contributed by atoms with van der Waals surface area (Å²) in [6.07, 6.45) is 4.39. The molecule has 2 aliphatic rings. The number of rotatable bonds is 2. The van der Waals surface area contributed by atoms with Gasteiger partial charge in [-0.3, -0.25) is 4.90 Å². The molecule has 2 saturated heterocycles. The number of nitrogens with zero attached hydrogens (tertiary/aromatic N) is 1. The Hall–Kier alpha value is -0.120. The van der Waals surface area contributed by atoms with Crippen molar-refractivity contribution in [2.45, 2.75) is 52.2 Å². The zero-order chi connectivity index (χ0) is 12.3. The van der Waals surface area contributed by atoms with E-state index in [4.69, 9.17) is 4.74 Å². The average molecular weight is 240 g/mol. The van der Waals surface area contributed by atoms with E-state index in [9.17, 15) is 0 Å². The molecule has 17 heavy (non-hydrogen) atoms. The molecule has 2 heterocycles. The molecular formula is C14H28N2O. The third-order valence-corrected chi connectivity index (χ3v) is 4.44. The molecule has 3 nitrogen and oxygen atoms in total. The van der Waals surface area contributed by atoms with Crippen LogP contribution in [0.4, 0.5) is 0 Å². The fourth-order valence-corrected chi connectivity index (χ4v) is 2.98. The van der Waals surface area contributed by atoms with Crippen LogP contribution in [0.3, 0.4) is 0 Å². The summed E-state index contributed by atoms with van der Waals surface area (Å²) in [5.41, 5.74) is 0.528. The minimum atomic E-state index is 0.380. The molecule has 0 aromatic rings. The van der Waals surface area contributed by atoms with E-state index in [-0.39, 0.29) is 0 Å². The monoisotopic (exact) mass is 240 g/mol. The first-order chi connectivity index (χ1) is 8.08. The Morgan fingerprint density at radius 2 is 2.12 bits per heavy atom. The zero-order valence-electron chi connectivity index (χ0n) is 11.7. The maximum absolute atomic E-state index is 5.88. The van der Waals surface area contributed by atoms with E-state index in [0.29, 0.717) is 17.6 Å². The van der Waals surface area contributed by atoms with Gasteiger partial charge in [0.2, 0.25) is 0 Å². The van der Waals surface area contributed by atoms with E-state index in [2.05, 4.69) is 31.0 Å². The maximum Gasteiger partial charge on any atom is 0.0852 e. The Bertz CT molecular complexity index is 236. The number of likely N-dealkylation sites (tertiary alicyclic amines) is 1. The van der Waals surface area contributed by atoms with Crippen molar-refractivity contribution < 1.29 is 4.74 Å². The van der Waals surface area contributed by atoms with Gasteiger partial charge in [-0.2, -0.15) is 0 Å². The van der Waals surface area contributed by atoms with Crippen molar-refractivity contribution in [2.24, 2.45) is 5.41 Å². The third kappa shape index (κ3) is 3.67. The smallest absolute Gasteiger partial charge is 0.0852 e. The van der Waals surface area contributed by atoms with Gasteiger partial charge in [-0.15, -0.1) is 0 Å². The lowest BCUT2D eigenvalue weighted by atomic mass is 9.85. The second-order valence-electron chi connectivity index (χ2n) is 6.41. The van der Waals surface area contributed by atoms with Crippen molar-refractivity contribution >= 4 is 0 Å². The van der Waals surface area contributed by atoms with Gasteiger partial charge in [-0.1, -0.05) is 13.8 Å². The van der Waals surface area contributed by atoms with Gasteiger partial charge < -0.3 is 10.1 Å². The molecule has 0 spiro atoms. The summed E-state index contributed by atoms with van der Waals surface area (Å²) in [4.78, 5) is 2.63. The van der Waals surface area contributed by atoms with Gasteiger partial charge in [0.15, 0.2) is 0 Å². The van der Waals surface area contributed by atoms with Gasteiger partial charge in [0, 0.05) is 19.1 Å². The Morgan fingerprint density at radius 1 is 1.29 bits per heavy atom. The molecule has 0 radical (unpaired) electrons. The molecule has 2 fully saturated rings. The first kappa shape index (κ1) is 13.3. The minimum absolute atomic E-state index is 0.380. The fourth-order valence-electron chi connectivity index (χ4n) is 2.98. The Labute approximate surface area is 106 Å². The van der Waals surface area contributed by atoms with E-state index < -0.39 is 0 Å². The summed E-state index contributed by atoms with van der Waals surface area (Å²) in [6, 6.07) is 0.552. The highest BCUT2D eigenvalue weighted by molar-refractivity contribution is 4.84. The molecule has 1 N–H and O–H groups in total. The number of morpholine rings is 1. The van der Waals surface area contributed by atoms with E-state index in [0.717, 1.165) is 19.7 Å². The van der Waals surface area contributed by atoms with Crippen molar-refractivity contribution in [2.75, 3.05) is 32.8 Å². The standard InChI is InChI=1S/C14H28N2O/c1-12(13-11-15-7-10-17-13)16-8-4-5-14(2,3)6-9-16/h12-13,15H,4-11H2,1-3H3. The van der Waals surface area contributed by atoms with Gasteiger partial charge in [0.1, 0.15) is 0 Å². The molecule has 2 unspecified atom stereocenters. The Kier molecular flexibility index (Phi) is 4.45. The van der Waals surface area contributed by atoms with Crippen LogP contribution < -0.4 is 5.32 Å². The lowest BCUT2D eigenvalue weighted by Gasteiger charge is -2.36. The summed E-state index contributed by atoms with van der Waals surface area (Å²) < 4.78 is 5.88. The normalized spacial score (nSPS) is 33.0. The number of ether oxygens (including phenoxy) is 1. The number of hydrogen-bond donors (Lipinski definition) is 1. The van der Waals surface area contributed by atoms with Crippen molar-refractivity contribution in [3.05, 3.63) is 0 Å². The van der Waals surface area contributed by atoms with Gasteiger partial charge in [-0.05, 0) is 44.7 Å². The lowest BCUT2D eigenvalue weighted by molar-refractivity contribution is -0.0258. The molecule has 0 bridgehead atoms. The predicted octanol–water partition coefficient (Wildman–Crippen LogP) is 1.88. The topological polar surface area (TPSA) is 24.5 Å². The second kappa shape index (κ2) is 5.68. The third-order valence-electron chi connectivity index (χ3n) is 4.44. The largest absolute Gasteiger partial charge is 0.374 e. The van der Waals surface area contributed by atoms with Crippen LogP contribution in [0.25, 0.3) is 0 Å². The minimum Gasteiger partial charge on any atom is -0.374 e. The SMILES string of the molecule is CC(C1CNCCO1)N1CCCC(C)(C)CC1. The molecule has 3 heteroatoms. The van der Waals surface area contributed by atoms with Crippen molar-refractivity contribution in [3.63, 3.8) is 0 Å². The number of hydrogen-bond acceptors (Lipinski definition) is 3. The molecule has 0 amide bonds. The summed E-state index contributed by atoms with van der Waals surface area (Å²) in [7, 11) is 0. The Balaban J connectivity index is 1.88. The van der Waals surface area contributed by atoms with Crippen LogP contribution in [-0.4, -0.2) is 49.8 Å². The highest BCUT2D eigenvalue weighted by Gasteiger charge is 2.29. The Morgan fingerprint density at radius 3 is 2.82 bits per heavy atom. The maximum atomic E-state index is 5.88. The molecule has 0 aromatic carbocycles. The highest BCUT2D eigenvalue weighted by Crippen LogP contribution is 2.30. The molecule has 2 rings (SSSR count). The second-order valence-corrected chi connectivity index (χ2v) is 6.41. The summed E-state index contributed by atoms with van der Waals surface area (Å²) in [5, 5.41) is 3.44. The quantitative estimate of drug-likeness (QED) is 0.797. The molecule has 0 aliphatic carbocycles. The van der Waals surface area contributed by atoms with Crippen molar-refractivity contribution in [1.82, 2.24) is 10.2 Å². The van der Waals surface area contributed by atoms with Crippen molar-refractivity contribution in [3.8, 4) is 0 Å². The predicted molar refractivity (Wildman–Crippen MR) is 71.3 cm³/mol.